The second kappa shape index (κ2) is 5.16. The quantitative estimate of drug-likeness (QED) is 0.787. The lowest BCUT2D eigenvalue weighted by atomic mass is 9.98. The number of benzene rings is 1. The van der Waals surface area contributed by atoms with E-state index in [0.717, 1.165) is 25.7 Å². The van der Waals surface area contributed by atoms with Crippen LogP contribution in [0.4, 0.5) is 0 Å². The topological polar surface area (TPSA) is 69.6 Å². The van der Waals surface area contributed by atoms with Crippen molar-refractivity contribution in [2.24, 2.45) is 0 Å². The highest BCUT2D eigenvalue weighted by molar-refractivity contribution is 6.32. The van der Waals surface area contributed by atoms with Gasteiger partial charge in [-0.25, -0.2) is 0 Å². The Morgan fingerprint density at radius 1 is 1.39 bits per heavy atom. The van der Waals surface area contributed by atoms with Gasteiger partial charge in [-0.05, 0) is 31.0 Å². The van der Waals surface area contributed by atoms with Crippen LogP contribution in [0.25, 0.3) is 0 Å². The molecule has 3 N–H and O–H groups in total. The summed E-state index contributed by atoms with van der Waals surface area (Å²) in [7, 11) is 0. The van der Waals surface area contributed by atoms with E-state index in [1.165, 1.54) is 18.2 Å². The van der Waals surface area contributed by atoms with Crippen LogP contribution in [0.5, 0.6) is 5.75 Å². The Balaban J connectivity index is 2.13. The highest BCUT2D eigenvalue weighted by Gasteiger charge is 2.34. The monoisotopic (exact) mass is 269 g/mol. The SMILES string of the molecule is O=C(NC1(CO)CCCC1)c1ccc(O)c(Cl)c1. The van der Waals surface area contributed by atoms with Crippen molar-refractivity contribution in [3.8, 4) is 5.75 Å². The van der Waals surface area contributed by atoms with Gasteiger partial charge in [-0.3, -0.25) is 4.79 Å². The minimum atomic E-state index is -0.499. The Bertz CT molecular complexity index is 456. The van der Waals surface area contributed by atoms with Crippen LogP contribution in [0.15, 0.2) is 18.2 Å². The first-order valence-corrected chi connectivity index (χ1v) is 6.36. The van der Waals surface area contributed by atoms with Gasteiger partial charge in [0, 0.05) is 5.56 Å². The molecule has 1 aromatic carbocycles. The first-order valence-electron chi connectivity index (χ1n) is 5.98. The van der Waals surface area contributed by atoms with Gasteiger partial charge in [0.1, 0.15) is 5.75 Å². The van der Waals surface area contributed by atoms with Gasteiger partial charge < -0.3 is 15.5 Å². The molecule has 98 valence electrons. The fourth-order valence-electron chi connectivity index (χ4n) is 2.34. The molecule has 2 rings (SSSR count). The van der Waals surface area contributed by atoms with Crippen LogP contribution in [0.1, 0.15) is 36.0 Å². The Morgan fingerprint density at radius 3 is 2.61 bits per heavy atom. The lowest BCUT2D eigenvalue weighted by Gasteiger charge is -2.28. The predicted octanol–water partition coefficient (Wildman–Crippen LogP) is 2.08. The third-order valence-electron chi connectivity index (χ3n) is 3.45. The summed E-state index contributed by atoms with van der Waals surface area (Å²) in [6.45, 7) is -0.0510. The van der Waals surface area contributed by atoms with E-state index in [0.29, 0.717) is 5.56 Å². The Hall–Kier alpha value is -1.26. The maximum Gasteiger partial charge on any atom is 0.251 e. The standard InChI is InChI=1S/C13H16ClNO3/c14-10-7-9(3-4-11(10)17)12(18)15-13(8-16)5-1-2-6-13/h3-4,7,16-17H,1-2,5-6,8H2,(H,15,18). The van der Waals surface area contributed by atoms with Crippen molar-refractivity contribution in [2.75, 3.05) is 6.61 Å². The van der Waals surface area contributed by atoms with Crippen LogP contribution in [-0.4, -0.2) is 28.3 Å². The molecule has 0 aromatic heterocycles. The number of amides is 1. The summed E-state index contributed by atoms with van der Waals surface area (Å²) in [6.07, 6.45) is 3.61. The zero-order valence-electron chi connectivity index (χ0n) is 9.95. The number of carbonyl (C=O) groups excluding carboxylic acids is 1. The van der Waals surface area contributed by atoms with Crippen LogP contribution in [0.3, 0.4) is 0 Å². The molecule has 1 aliphatic carbocycles. The number of carbonyl (C=O) groups is 1. The summed E-state index contributed by atoms with van der Waals surface area (Å²) in [5.74, 6) is -0.321. The average molecular weight is 270 g/mol. The summed E-state index contributed by atoms with van der Waals surface area (Å²) in [5, 5.41) is 21.8. The molecule has 18 heavy (non-hydrogen) atoms. The predicted molar refractivity (Wildman–Crippen MR) is 68.9 cm³/mol. The summed E-state index contributed by atoms with van der Waals surface area (Å²) < 4.78 is 0. The molecule has 0 atom stereocenters. The molecule has 0 heterocycles. The van der Waals surface area contributed by atoms with Crippen LogP contribution in [0.2, 0.25) is 5.02 Å². The van der Waals surface area contributed by atoms with E-state index in [1.807, 2.05) is 0 Å². The number of phenolic OH excluding ortho intramolecular Hbond substituents is 1. The van der Waals surface area contributed by atoms with E-state index in [9.17, 15) is 15.0 Å². The van der Waals surface area contributed by atoms with Gasteiger partial charge in [0.2, 0.25) is 0 Å². The molecule has 4 nitrogen and oxygen atoms in total. The molecule has 0 aliphatic heterocycles. The van der Waals surface area contributed by atoms with Gasteiger partial charge >= 0.3 is 0 Å². The van der Waals surface area contributed by atoms with Crippen molar-refractivity contribution < 1.29 is 15.0 Å². The third-order valence-corrected chi connectivity index (χ3v) is 3.75. The van der Waals surface area contributed by atoms with Crippen LogP contribution < -0.4 is 5.32 Å². The molecule has 1 amide bonds. The van der Waals surface area contributed by atoms with Crippen molar-refractivity contribution in [1.82, 2.24) is 5.32 Å². The van der Waals surface area contributed by atoms with Gasteiger partial charge in [-0.2, -0.15) is 0 Å². The second-order valence-corrected chi connectivity index (χ2v) is 5.17. The van der Waals surface area contributed by atoms with Gasteiger partial charge in [0.15, 0.2) is 0 Å². The van der Waals surface area contributed by atoms with Gasteiger partial charge in [0.25, 0.3) is 5.91 Å². The van der Waals surface area contributed by atoms with Gasteiger partial charge in [-0.15, -0.1) is 0 Å². The average Bonchev–Trinajstić information content (AvgIpc) is 2.82. The van der Waals surface area contributed by atoms with E-state index >= 15 is 0 Å². The molecule has 0 saturated heterocycles. The lowest BCUT2D eigenvalue weighted by Crippen LogP contribution is -2.49. The molecule has 0 bridgehead atoms. The summed E-state index contributed by atoms with van der Waals surface area (Å²) in [4.78, 5) is 12.1. The van der Waals surface area contributed by atoms with Crippen molar-refractivity contribution >= 4 is 17.5 Å². The zero-order chi connectivity index (χ0) is 13.2. The normalized spacial score (nSPS) is 17.7. The van der Waals surface area contributed by atoms with Crippen molar-refractivity contribution in [1.29, 1.82) is 0 Å². The molecule has 1 aromatic rings. The van der Waals surface area contributed by atoms with Gasteiger partial charge in [-0.1, -0.05) is 24.4 Å². The maximum atomic E-state index is 12.1. The molecular formula is C13H16ClNO3. The van der Waals surface area contributed by atoms with Crippen LogP contribution >= 0.6 is 11.6 Å². The number of hydrogen-bond acceptors (Lipinski definition) is 3. The number of phenols is 1. The maximum absolute atomic E-state index is 12.1. The summed E-state index contributed by atoms with van der Waals surface area (Å²) >= 11 is 5.76. The number of aliphatic hydroxyl groups is 1. The number of rotatable bonds is 3. The lowest BCUT2D eigenvalue weighted by molar-refractivity contribution is 0.0838. The molecule has 0 unspecified atom stereocenters. The number of aromatic hydroxyl groups is 1. The summed E-state index contributed by atoms with van der Waals surface area (Å²) in [6, 6.07) is 4.32. The minimum absolute atomic E-state index is 0.0500. The number of hydrogen-bond donors (Lipinski definition) is 3. The molecule has 0 spiro atoms. The first-order chi connectivity index (χ1) is 8.56. The zero-order valence-corrected chi connectivity index (χ0v) is 10.7. The van der Waals surface area contributed by atoms with E-state index in [1.54, 1.807) is 0 Å². The van der Waals surface area contributed by atoms with Crippen LogP contribution in [0, 0.1) is 0 Å². The Kier molecular flexibility index (Phi) is 3.78. The van der Waals surface area contributed by atoms with E-state index in [-0.39, 0.29) is 23.3 Å². The smallest absolute Gasteiger partial charge is 0.251 e. The second-order valence-electron chi connectivity index (χ2n) is 4.77. The van der Waals surface area contributed by atoms with Crippen molar-refractivity contribution in [3.05, 3.63) is 28.8 Å². The number of nitrogens with one attached hydrogen (secondary N) is 1. The van der Waals surface area contributed by atoms with E-state index < -0.39 is 5.54 Å². The fraction of sp³-hybridized carbons (Fsp3) is 0.462. The van der Waals surface area contributed by atoms with E-state index in [4.69, 9.17) is 11.6 Å². The largest absolute Gasteiger partial charge is 0.506 e. The molecular weight excluding hydrogens is 254 g/mol. The van der Waals surface area contributed by atoms with Crippen LogP contribution in [-0.2, 0) is 0 Å². The molecule has 5 heteroatoms. The summed E-state index contributed by atoms with van der Waals surface area (Å²) in [5.41, 5.74) is -0.112. The third kappa shape index (κ3) is 2.60. The highest BCUT2D eigenvalue weighted by atomic mass is 35.5. The molecule has 1 aliphatic rings. The number of halogens is 1. The van der Waals surface area contributed by atoms with Gasteiger partial charge in [0.05, 0.1) is 17.2 Å². The molecule has 0 radical (unpaired) electrons. The Labute approximate surface area is 111 Å². The van der Waals surface area contributed by atoms with Crippen molar-refractivity contribution in [3.63, 3.8) is 0 Å². The van der Waals surface area contributed by atoms with E-state index in [2.05, 4.69) is 5.32 Å². The number of aliphatic hydroxyl groups excluding tert-OH is 1. The van der Waals surface area contributed by atoms with Crippen molar-refractivity contribution in [2.45, 2.75) is 31.2 Å². The fourth-order valence-corrected chi connectivity index (χ4v) is 2.52. The Morgan fingerprint density at radius 2 is 2.06 bits per heavy atom. The highest BCUT2D eigenvalue weighted by Crippen LogP contribution is 2.30. The first kappa shape index (κ1) is 13.2. The molecule has 1 fully saturated rings. The molecule has 1 saturated carbocycles. The minimum Gasteiger partial charge on any atom is -0.506 e.